The van der Waals surface area contributed by atoms with Crippen LogP contribution in [0, 0.1) is 11.6 Å². The normalized spacial score (nSPS) is 10.9. The molecule has 0 aliphatic carbocycles. The Morgan fingerprint density at radius 3 is 2.54 bits per heavy atom. The number of carbonyl (C=O) groups is 1. The maximum absolute atomic E-state index is 13.5. The zero-order valence-electron chi connectivity index (χ0n) is 13.7. The predicted molar refractivity (Wildman–Crippen MR) is 92.8 cm³/mol. The molecule has 6 heteroatoms. The maximum Gasteiger partial charge on any atom is 0.230 e. The first kappa shape index (κ1) is 18.4. The lowest BCUT2D eigenvalue weighted by Gasteiger charge is -2.14. The molecular weight excluding hydrogens is 330 g/mol. The number of hydrogen-bond acceptors (Lipinski definition) is 3. The molecule has 0 fully saturated rings. The molecule has 0 aromatic heterocycles. The van der Waals surface area contributed by atoms with Crippen molar-refractivity contribution >= 4 is 17.7 Å². The Kier molecular flexibility index (Phi) is 6.75. The third-order valence-corrected chi connectivity index (χ3v) is 4.36. The van der Waals surface area contributed by atoms with Crippen molar-refractivity contribution in [2.24, 2.45) is 0 Å². The molecule has 0 atom stereocenters. The van der Waals surface area contributed by atoms with Gasteiger partial charge in [0.15, 0.2) is 0 Å². The van der Waals surface area contributed by atoms with Crippen LogP contribution < -0.4 is 5.32 Å². The maximum atomic E-state index is 13.5. The van der Waals surface area contributed by atoms with Crippen molar-refractivity contribution < 1.29 is 13.6 Å². The van der Waals surface area contributed by atoms with Gasteiger partial charge in [-0.15, -0.1) is 11.8 Å². The van der Waals surface area contributed by atoms with E-state index in [-0.39, 0.29) is 16.6 Å². The Balaban J connectivity index is 1.88. The van der Waals surface area contributed by atoms with Crippen molar-refractivity contribution in [3.63, 3.8) is 0 Å². The van der Waals surface area contributed by atoms with E-state index in [1.54, 1.807) is 0 Å². The van der Waals surface area contributed by atoms with E-state index in [1.165, 1.54) is 0 Å². The first-order valence-corrected chi connectivity index (χ1v) is 8.50. The predicted octanol–water partition coefficient (Wildman–Crippen LogP) is 3.43. The number of nitrogens with zero attached hydrogens (tertiary/aromatic N) is 1. The van der Waals surface area contributed by atoms with E-state index in [0.29, 0.717) is 6.54 Å². The smallest absolute Gasteiger partial charge is 0.230 e. The fourth-order valence-corrected chi connectivity index (χ4v) is 2.99. The summed E-state index contributed by atoms with van der Waals surface area (Å²) in [4.78, 5) is 14.2. The van der Waals surface area contributed by atoms with Crippen molar-refractivity contribution in [3.05, 3.63) is 65.2 Å². The summed E-state index contributed by atoms with van der Waals surface area (Å²) in [6.07, 6.45) is 0. The van der Waals surface area contributed by atoms with Crippen molar-refractivity contribution in [2.75, 3.05) is 19.8 Å². The van der Waals surface area contributed by atoms with Gasteiger partial charge in [0.1, 0.15) is 11.6 Å². The molecular formula is C18H20F2N2OS. The Morgan fingerprint density at radius 2 is 1.83 bits per heavy atom. The molecule has 0 saturated carbocycles. The van der Waals surface area contributed by atoms with Gasteiger partial charge in [0, 0.05) is 18.0 Å². The molecule has 0 spiro atoms. The minimum absolute atomic E-state index is 0.0379. The second-order valence-electron chi connectivity index (χ2n) is 5.65. The highest BCUT2D eigenvalue weighted by molar-refractivity contribution is 8.00. The Hall–Kier alpha value is -1.92. The van der Waals surface area contributed by atoms with Crippen LogP contribution in [0.4, 0.5) is 8.78 Å². The molecule has 2 rings (SSSR count). The van der Waals surface area contributed by atoms with Crippen LogP contribution in [0.5, 0.6) is 0 Å². The van der Waals surface area contributed by atoms with Gasteiger partial charge in [-0.25, -0.2) is 8.78 Å². The van der Waals surface area contributed by atoms with Gasteiger partial charge >= 0.3 is 0 Å². The van der Waals surface area contributed by atoms with E-state index in [1.807, 2.05) is 38.4 Å². The number of nitrogens with one attached hydrogen (secondary N) is 1. The van der Waals surface area contributed by atoms with Gasteiger partial charge in [-0.3, -0.25) is 4.79 Å². The number of rotatable bonds is 7. The standard InChI is InChI=1S/C18H20F2N2OS/c1-22(2)11-14-6-4-3-5-13(14)10-21-18(23)12-24-17-9-15(19)7-8-16(17)20/h3-9H,10-12H2,1-2H3,(H,21,23). The number of hydrogen-bond donors (Lipinski definition) is 1. The monoisotopic (exact) mass is 350 g/mol. The van der Waals surface area contributed by atoms with Crippen LogP contribution in [-0.2, 0) is 17.9 Å². The summed E-state index contributed by atoms with van der Waals surface area (Å²) in [5, 5.41) is 2.82. The molecule has 128 valence electrons. The van der Waals surface area contributed by atoms with Gasteiger partial charge in [-0.05, 0) is 43.4 Å². The van der Waals surface area contributed by atoms with E-state index in [0.717, 1.165) is 47.6 Å². The molecule has 0 aliphatic heterocycles. The summed E-state index contributed by atoms with van der Waals surface area (Å²) in [6, 6.07) is 11.1. The summed E-state index contributed by atoms with van der Waals surface area (Å²) in [7, 11) is 3.97. The minimum Gasteiger partial charge on any atom is -0.351 e. The average Bonchev–Trinajstić information content (AvgIpc) is 2.54. The molecule has 0 bridgehead atoms. The Labute approximate surface area is 145 Å². The molecule has 1 N–H and O–H groups in total. The summed E-state index contributed by atoms with van der Waals surface area (Å²) in [5.41, 5.74) is 2.19. The summed E-state index contributed by atoms with van der Waals surface area (Å²) >= 11 is 0.984. The van der Waals surface area contributed by atoms with Crippen LogP contribution in [-0.4, -0.2) is 30.7 Å². The van der Waals surface area contributed by atoms with Crippen molar-refractivity contribution in [2.45, 2.75) is 18.0 Å². The van der Waals surface area contributed by atoms with Crippen molar-refractivity contribution in [1.29, 1.82) is 0 Å². The first-order chi connectivity index (χ1) is 11.5. The highest BCUT2D eigenvalue weighted by Gasteiger charge is 2.09. The van der Waals surface area contributed by atoms with E-state index < -0.39 is 11.6 Å². The number of carbonyl (C=O) groups excluding carboxylic acids is 1. The fourth-order valence-electron chi connectivity index (χ4n) is 2.20. The van der Waals surface area contributed by atoms with Gasteiger partial charge < -0.3 is 10.2 Å². The molecule has 0 saturated heterocycles. The van der Waals surface area contributed by atoms with Gasteiger partial charge in [-0.1, -0.05) is 24.3 Å². The molecule has 0 unspecified atom stereocenters. The molecule has 2 aromatic carbocycles. The third-order valence-electron chi connectivity index (χ3n) is 3.33. The van der Waals surface area contributed by atoms with Crippen LogP contribution in [0.25, 0.3) is 0 Å². The number of thioether (sulfide) groups is 1. The van der Waals surface area contributed by atoms with Crippen LogP contribution in [0.3, 0.4) is 0 Å². The Bertz CT molecular complexity index is 707. The lowest BCUT2D eigenvalue weighted by molar-refractivity contribution is -0.118. The number of benzene rings is 2. The molecule has 24 heavy (non-hydrogen) atoms. The summed E-state index contributed by atoms with van der Waals surface area (Å²) in [6.45, 7) is 1.20. The highest BCUT2D eigenvalue weighted by Crippen LogP contribution is 2.22. The van der Waals surface area contributed by atoms with Crippen molar-refractivity contribution in [3.8, 4) is 0 Å². The van der Waals surface area contributed by atoms with Crippen LogP contribution in [0.2, 0.25) is 0 Å². The number of amides is 1. The van der Waals surface area contributed by atoms with Gasteiger partial charge in [-0.2, -0.15) is 0 Å². The SMILES string of the molecule is CN(C)Cc1ccccc1CNC(=O)CSc1cc(F)ccc1F. The summed E-state index contributed by atoms with van der Waals surface area (Å²) in [5.74, 6) is -1.22. The highest BCUT2D eigenvalue weighted by atomic mass is 32.2. The lowest BCUT2D eigenvalue weighted by Crippen LogP contribution is -2.25. The molecule has 0 radical (unpaired) electrons. The molecule has 0 heterocycles. The average molecular weight is 350 g/mol. The molecule has 3 nitrogen and oxygen atoms in total. The minimum atomic E-state index is -0.523. The fraction of sp³-hybridized carbons (Fsp3) is 0.278. The lowest BCUT2D eigenvalue weighted by atomic mass is 10.1. The van der Waals surface area contributed by atoms with Gasteiger partial charge in [0.05, 0.1) is 5.75 Å². The van der Waals surface area contributed by atoms with Crippen LogP contribution in [0.1, 0.15) is 11.1 Å². The topological polar surface area (TPSA) is 32.3 Å². The number of halogens is 2. The quantitative estimate of drug-likeness (QED) is 0.777. The van der Waals surface area contributed by atoms with Crippen molar-refractivity contribution in [1.82, 2.24) is 10.2 Å². The molecule has 2 aromatic rings. The van der Waals surface area contributed by atoms with E-state index in [4.69, 9.17) is 0 Å². The zero-order valence-corrected chi connectivity index (χ0v) is 14.5. The van der Waals surface area contributed by atoms with Gasteiger partial charge in [0.25, 0.3) is 0 Å². The first-order valence-electron chi connectivity index (χ1n) is 7.52. The second kappa shape index (κ2) is 8.80. The van der Waals surface area contributed by atoms with Crippen LogP contribution in [0.15, 0.2) is 47.4 Å². The zero-order chi connectivity index (χ0) is 17.5. The largest absolute Gasteiger partial charge is 0.351 e. The molecule has 0 aliphatic rings. The second-order valence-corrected chi connectivity index (χ2v) is 6.66. The van der Waals surface area contributed by atoms with Crippen LogP contribution >= 0.6 is 11.8 Å². The van der Waals surface area contributed by atoms with Gasteiger partial charge in [0.2, 0.25) is 5.91 Å². The van der Waals surface area contributed by atoms with E-state index in [9.17, 15) is 13.6 Å². The van der Waals surface area contributed by atoms with E-state index in [2.05, 4.69) is 10.2 Å². The van der Waals surface area contributed by atoms with E-state index >= 15 is 0 Å². The molecule has 1 amide bonds. The third kappa shape index (κ3) is 5.62. The Morgan fingerprint density at radius 1 is 1.12 bits per heavy atom. The summed E-state index contributed by atoms with van der Waals surface area (Å²) < 4.78 is 26.6.